The number of hydrogen-bond donors (Lipinski definition) is 1. The molecule has 0 radical (unpaired) electrons. The van der Waals surface area contributed by atoms with E-state index in [-0.39, 0.29) is 17.7 Å². The van der Waals surface area contributed by atoms with E-state index in [4.69, 9.17) is 21.1 Å². The van der Waals surface area contributed by atoms with E-state index in [0.717, 1.165) is 29.2 Å². The minimum absolute atomic E-state index is 0.00320. The van der Waals surface area contributed by atoms with Gasteiger partial charge in [0.25, 0.3) is 0 Å². The molecule has 0 saturated heterocycles. The average molecular weight is 330 g/mol. The normalized spacial score (nSPS) is 21.6. The number of carbonyl (C=O) groups is 1. The van der Waals surface area contributed by atoms with Gasteiger partial charge in [-0.2, -0.15) is 0 Å². The smallest absolute Gasteiger partial charge is 0.228 e. The molecule has 0 aromatic heterocycles. The van der Waals surface area contributed by atoms with Crippen LogP contribution in [0.1, 0.15) is 17.9 Å². The molecule has 2 atom stereocenters. The molecule has 1 aliphatic heterocycles. The molecule has 1 saturated carbocycles. The van der Waals surface area contributed by atoms with Crippen LogP contribution < -0.4 is 14.8 Å². The Morgan fingerprint density at radius 2 is 1.91 bits per heavy atom. The molecule has 2 aliphatic rings. The summed E-state index contributed by atoms with van der Waals surface area (Å²) in [5, 5.41) is 3.54. The van der Waals surface area contributed by atoms with Gasteiger partial charge in [-0.15, -0.1) is 0 Å². The largest absolute Gasteiger partial charge is 0.486 e. The molecule has 0 spiro atoms. The Morgan fingerprint density at radius 3 is 2.74 bits per heavy atom. The highest BCUT2D eigenvalue weighted by Gasteiger charge is 2.44. The lowest BCUT2D eigenvalue weighted by Crippen LogP contribution is -2.16. The van der Waals surface area contributed by atoms with Crippen LogP contribution in [0.5, 0.6) is 11.5 Å². The van der Waals surface area contributed by atoms with E-state index in [9.17, 15) is 4.79 Å². The summed E-state index contributed by atoms with van der Waals surface area (Å²) in [6.45, 7) is 1.15. The first-order chi connectivity index (χ1) is 11.2. The second-order valence-electron chi connectivity index (χ2n) is 5.85. The van der Waals surface area contributed by atoms with Crippen LogP contribution >= 0.6 is 11.6 Å². The minimum atomic E-state index is -0.00320. The zero-order valence-electron chi connectivity index (χ0n) is 12.4. The second kappa shape index (κ2) is 5.78. The predicted molar refractivity (Wildman–Crippen MR) is 88.4 cm³/mol. The summed E-state index contributed by atoms with van der Waals surface area (Å²) in [6.07, 6.45) is 0.853. The Balaban J connectivity index is 1.44. The summed E-state index contributed by atoms with van der Waals surface area (Å²) in [5.41, 5.74) is 1.86. The van der Waals surface area contributed by atoms with Crippen LogP contribution in [-0.4, -0.2) is 19.1 Å². The number of benzene rings is 2. The number of nitrogens with one attached hydrogen (secondary N) is 1. The third-order valence-corrected chi connectivity index (χ3v) is 4.45. The van der Waals surface area contributed by atoms with E-state index in [2.05, 4.69) is 5.32 Å². The maximum Gasteiger partial charge on any atom is 0.228 e. The highest BCUT2D eigenvalue weighted by molar-refractivity contribution is 6.30. The van der Waals surface area contributed by atoms with Crippen LogP contribution in [-0.2, 0) is 4.79 Å². The highest BCUT2D eigenvalue weighted by atomic mass is 35.5. The van der Waals surface area contributed by atoms with Crippen LogP contribution in [0.3, 0.4) is 0 Å². The van der Waals surface area contributed by atoms with E-state index in [1.54, 1.807) is 12.1 Å². The Labute approximate surface area is 139 Å². The number of halogens is 1. The SMILES string of the molecule is O=C(Nc1cccc(Cl)c1)C1CC1c1ccc2c(c1)OCCO2. The Hall–Kier alpha value is -2.20. The molecule has 1 N–H and O–H groups in total. The first-order valence-electron chi connectivity index (χ1n) is 7.67. The van der Waals surface area contributed by atoms with Gasteiger partial charge in [-0.25, -0.2) is 0 Å². The molecule has 118 valence electrons. The van der Waals surface area contributed by atoms with E-state index >= 15 is 0 Å². The maximum atomic E-state index is 12.3. The van der Waals surface area contributed by atoms with Gasteiger partial charge in [-0.3, -0.25) is 4.79 Å². The minimum Gasteiger partial charge on any atom is -0.486 e. The zero-order chi connectivity index (χ0) is 15.8. The first kappa shape index (κ1) is 14.4. The van der Waals surface area contributed by atoms with Crippen LogP contribution in [0.15, 0.2) is 42.5 Å². The van der Waals surface area contributed by atoms with Gasteiger partial charge in [0.1, 0.15) is 13.2 Å². The van der Waals surface area contributed by atoms with Crippen molar-refractivity contribution in [3.05, 3.63) is 53.1 Å². The van der Waals surface area contributed by atoms with Gasteiger partial charge in [0, 0.05) is 16.6 Å². The standard InChI is InChI=1S/C18H16ClNO3/c19-12-2-1-3-13(9-12)20-18(21)15-10-14(15)11-4-5-16-17(8-11)23-7-6-22-16/h1-5,8-9,14-15H,6-7,10H2,(H,20,21). The molecular weight excluding hydrogens is 314 g/mol. The van der Waals surface area contributed by atoms with E-state index < -0.39 is 0 Å². The summed E-state index contributed by atoms with van der Waals surface area (Å²) in [4.78, 5) is 12.3. The van der Waals surface area contributed by atoms with Gasteiger partial charge >= 0.3 is 0 Å². The number of rotatable bonds is 3. The summed E-state index contributed by atoms with van der Waals surface area (Å²) in [7, 11) is 0. The third-order valence-electron chi connectivity index (χ3n) is 4.21. The first-order valence-corrected chi connectivity index (χ1v) is 8.04. The van der Waals surface area contributed by atoms with Gasteiger partial charge in [-0.1, -0.05) is 23.7 Å². The Morgan fingerprint density at radius 1 is 1.09 bits per heavy atom. The molecule has 2 aromatic carbocycles. The van der Waals surface area contributed by atoms with Gasteiger partial charge in [0.15, 0.2) is 11.5 Å². The summed E-state index contributed by atoms with van der Waals surface area (Å²) < 4.78 is 11.1. The molecule has 1 aliphatic carbocycles. The average Bonchev–Trinajstić information content (AvgIpc) is 3.35. The molecule has 2 unspecified atom stereocenters. The van der Waals surface area contributed by atoms with Crippen LogP contribution in [0.2, 0.25) is 5.02 Å². The summed E-state index contributed by atoms with van der Waals surface area (Å²) >= 11 is 5.94. The Bertz CT molecular complexity index is 762. The number of carbonyl (C=O) groups excluding carboxylic acids is 1. The van der Waals surface area contributed by atoms with E-state index in [1.807, 2.05) is 30.3 Å². The van der Waals surface area contributed by atoms with E-state index in [1.165, 1.54) is 0 Å². The lowest BCUT2D eigenvalue weighted by Gasteiger charge is -2.18. The van der Waals surface area contributed by atoms with Crippen molar-refractivity contribution >= 4 is 23.2 Å². The molecule has 5 heteroatoms. The van der Waals surface area contributed by atoms with Crippen molar-refractivity contribution in [1.29, 1.82) is 0 Å². The van der Waals surface area contributed by atoms with Crippen molar-refractivity contribution in [3.63, 3.8) is 0 Å². The third kappa shape index (κ3) is 2.99. The van der Waals surface area contributed by atoms with E-state index in [0.29, 0.717) is 18.2 Å². The molecule has 4 nitrogen and oxygen atoms in total. The number of ether oxygens (including phenoxy) is 2. The quantitative estimate of drug-likeness (QED) is 0.930. The fourth-order valence-corrected chi connectivity index (χ4v) is 3.14. The molecule has 2 aromatic rings. The fourth-order valence-electron chi connectivity index (χ4n) is 2.94. The van der Waals surface area contributed by atoms with Crippen LogP contribution in [0, 0.1) is 5.92 Å². The van der Waals surface area contributed by atoms with Gasteiger partial charge < -0.3 is 14.8 Å². The van der Waals surface area contributed by atoms with Gasteiger partial charge in [-0.05, 0) is 48.2 Å². The number of anilines is 1. The molecule has 0 bridgehead atoms. The number of amides is 1. The van der Waals surface area contributed by atoms with Gasteiger partial charge in [0.05, 0.1) is 0 Å². The van der Waals surface area contributed by atoms with Crippen molar-refractivity contribution in [1.82, 2.24) is 0 Å². The number of fused-ring (bicyclic) bond motifs is 1. The Kier molecular flexibility index (Phi) is 3.62. The zero-order valence-corrected chi connectivity index (χ0v) is 13.2. The van der Waals surface area contributed by atoms with Crippen molar-refractivity contribution < 1.29 is 14.3 Å². The van der Waals surface area contributed by atoms with Gasteiger partial charge in [0.2, 0.25) is 5.91 Å². The molecule has 1 amide bonds. The van der Waals surface area contributed by atoms with Crippen molar-refractivity contribution in [3.8, 4) is 11.5 Å². The van der Waals surface area contributed by atoms with Crippen LogP contribution in [0.25, 0.3) is 0 Å². The van der Waals surface area contributed by atoms with Crippen LogP contribution in [0.4, 0.5) is 5.69 Å². The summed E-state index contributed by atoms with van der Waals surface area (Å²) in [6, 6.07) is 13.1. The maximum absolute atomic E-state index is 12.3. The lowest BCUT2D eigenvalue weighted by molar-refractivity contribution is -0.117. The highest BCUT2D eigenvalue weighted by Crippen LogP contribution is 2.49. The van der Waals surface area contributed by atoms with Crippen molar-refractivity contribution in [2.45, 2.75) is 12.3 Å². The monoisotopic (exact) mass is 329 g/mol. The molecular formula is C18H16ClNO3. The molecule has 4 rings (SSSR count). The lowest BCUT2D eigenvalue weighted by atomic mass is 10.1. The fraction of sp³-hybridized carbons (Fsp3) is 0.278. The van der Waals surface area contributed by atoms with Crippen molar-refractivity contribution in [2.75, 3.05) is 18.5 Å². The predicted octanol–water partition coefficient (Wildman–Crippen LogP) is 3.85. The number of hydrogen-bond acceptors (Lipinski definition) is 3. The van der Waals surface area contributed by atoms with Crippen molar-refractivity contribution in [2.24, 2.45) is 5.92 Å². The second-order valence-corrected chi connectivity index (χ2v) is 6.29. The molecule has 23 heavy (non-hydrogen) atoms. The summed E-state index contributed by atoms with van der Waals surface area (Å²) in [5.74, 6) is 1.82. The molecule has 1 fully saturated rings. The topological polar surface area (TPSA) is 47.6 Å². The molecule has 1 heterocycles.